The summed E-state index contributed by atoms with van der Waals surface area (Å²) in [6.07, 6.45) is -5.36. The number of alkyl halides is 3. The molecule has 7 heteroatoms. The molecule has 2 aromatic carbocycles. The zero-order valence-electron chi connectivity index (χ0n) is 10.4. The lowest BCUT2D eigenvalue weighted by Crippen LogP contribution is -2.17. The average molecular weight is 360 g/mol. The van der Waals surface area contributed by atoms with Gasteiger partial charge in [0.1, 0.15) is 5.75 Å². The van der Waals surface area contributed by atoms with Crippen LogP contribution in [0.4, 0.5) is 23.7 Å². The van der Waals surface area contributed by atoms with Crippen molar-refractivity contribution in [1.29, 1.82) is 0 Å². The molecule has 110 valence electrons. The lowest BCUT2D eigenvalue weighted by atomic mass is 10.2. The Morgan fingerprint density at radius 2 is 1.76 bits per heavy atom. The minimum Gasteiger partial charge on any atom is -0.410 e. The second-order valence-corrected chi connectivity index (χ2v) is 4.97. The zero-order chi connectivity index (χ0) is 15.5. The van der Waals surface area contributed by atoms with E-state index in [-0.39, 0.29) is 10.2 Å². The predicted octanol–water partition coefficient (Wildman–Crippen LogP) is 5.08. The molecule has 0 aliphatic rings. The van der Waals surface area contributed by atoms with Gasteiger partial charge in [0.15, 0.2) is 0 Å². The number of carbonyl (C=O) groups excluding carboxylic acids is 1. The number of ether oxygens (including phenoxy) is 1. The Morgan fingerprint density at radius 3 is 2.38 bits per heavy atom. The van der Waals surface area contributed by atoms with Crippen LogP contribution in [0.1, 0.15) is 5.56 Å². The summed E-state index contributed by atoms with van der Waals surface area (Å²) in [4.78, 5) is 11.6. The molecule has 0 heterocycles. The van der Waals surface area contributed by atoms with Crippen molar-refractivity contribution in [2.75, 3.05) is 5.32 Å². The summed E-state index contributed by atoms with van der Waals surface area (Å²) in [5.41, 5.74) is -0.885. The second-order valence-electron chi connectivity index (χ2n) is 4.05. The van der Waals surface area contributed by atoms with Gasteiger partial charge in [0.2, 0.25) is 0 Å². The first-order valence-corrected chi connectivity index (χ1v) is 6.55. The summed E-state index contributed by atoms with van der Waals surface area (Å²) in [5, 5.41) is 2.25. The number of para-hydroxylation sites is 1. The third-order valence-electron chi connectivity index (χ3n) is 2.43. The molecule has 2 rings (SSSR count). The van der Waals surface area contributed by atoms with Gasteiger partial charge in [-0.15, -0.1) is 0 Å². The number of hydrogen-bond acceptors (Lipinski definition) is 2. The van der Waals surface area contributed by atoms with E-state index >= 15 is 0 Å². The Hall–Kier alpha value is -2.02. The monoisotopic (exact) mass is 359 g/mol. The van der Waals surface area contributed by atoms with E-state index in [4.69, 9.17) is 4.74 Å². The molecule has 3 nitrogen and oxygen atoms in total. The lowest BCUT2D eigenvalue weighted by molar-refractivity contribution is -0.137. The second kappa shape index (κ2) is 6.17. The van der Waals surface area contributed by atoms with Gasteiger partial charge in [-0.2, -0.15) is 13.2 Å². The first-order chi connectivity index (χ1) is 9.84. The molecule has 0 aromatic heterocycles. The van der Waals surface area contributed by atoms with Gasteiger partial charge in [-0.25, -0.2) is 4.79 Å². The predicted molar refractivity (Wildman–Crippen MR) is 75.2 cm³/mol. The topological polar surface area (TPSA) is 38.3 Å². The molecule has 0 radical (unpaired) electrons. The fourth-order valence-electron chi connectivity index (χ4n) is 1.56. The van der Waals surface area contributed by atoms with Crippen LogP contribution in [0.3, 0.4) is 0 Å². The van der Waals surface area contributed by atoms with Gasteiger partial charge in [0.05, 0.1) is 5.56 Å². The Morgan fingerprint density at radius 1 is 1.10 bits per heavy atom. The summed E-state index contributed by atoms with van der Waals surface area (Å²) in [6.45, 7) is 0. The van der Waals surface area contributed by atoms with Gasteiger partial charge in [0, 0.05) is 10.2 Å². The maximum atomic E-state index is 12.7. The van der Waals surface area contributed by atoms with E-state index in [1.807, 2.05) is 0 Å². The normalized spacial score (nSPS) is 11.0. The van der Waals surface area contributed by atoms with Crippen molar-refractivity contribution in [1.82, 2.24) is 0 Å². The molecular formula is C14H9BrF3NO2. The van der Waals surface area contributed by atoms with E-state index in [0.717, 1.165) is 12.1 Å². The van der Waals surface area contributed by atoms with Crippen molar-refractivity contribution < 1.29 is 22.7 Å². The molecule has 0 unspecified atom stereocenters. The molecule has 0 aliphatic heterocycles. The molecule has 0 bridgehead atoms. The van der Waals surface area contributed by atoms with Crippen LogP contribution in [0, 0.1) is 0 Å². The van der Waals surface area contributed by atoms with Crippen LogP contribution in [0.15, 0.2) is 53.0 Å². The van der Waals surface area contributed by atoms with Crippen molar-refractivity contribution in [3.05, 3.63) is 58.6 Å². The lowest BCUT2D eigenvalue weighted by Gasteiger charge is -2.11. The first kappa shape index (κ1) is 15.4. The van der Waals surface area contributed by atoms with Crippen molar-refractivity contribution in [3.63, 3.8) is 0 Å². The highest BCUT2D eigenvalue weighted by Gasteiger charge is 2.31. The van der Waals surface area contributed by atoms with Gasteiger partial charge in [-0.3, -0.25) is 5.32 Å². The number of anilines is 1. The third kappa shape index (κ3) is 4.49. The number of benzene rings is 2. The summed E-state index contributed by atoms with van der Waals surface area (Å²) in [7, 11) is 0. The zero-order valence-corrected chi connectivity index (χ0v) is 12.0. The molecule has 21 heavy (non-hydrogen) atoms. The highest BCUT2D eigenvalue weighted by atomic mass is 79.9. The Kier molecular flexibility index (Phi) is 4.52. The maximum absolute atomic E-state index is 12.7. The van der Waals surface area contributed by atoms with E-state index in [0.29, 0.717) is 5.75 Å². The van der Waals surface area contributed by atoms with Crippen molar-refractivity contribution in [3.8, 4) is 5.75 Å². The Bertz CT molecular complexity index is 644. The van der Waals surface area contributed by atoms with Crippen LogP contribution in [0.5, 0.6) is 5.75 Å². The highest BCUT2D eigenvalue weighted by Crippen LogP contribution is 2.33. The van der Waals surface area contributed by atoms with Crippen molar-refractivity contribution in [2.24, 2.45) is 0 Å². The highest BCUT2D eigenvalue weighted by molar-refractivity contribution is 9.10. The van der Waals surface area contributed by atoms with E-state index in [9.17, 15) is 18.0 Å². The molecule has 2 aromatic rings. The summed E-state index contributed by atoms with van der Waals surface area (Å²) in [5.74, 6) is 0.293. The molecule has 0 saturated carbocycles. The van der Waals surface area contributed by atoms with Crippen molar-refractivity contribution in [2.45, 2.75) is 6.18 Å². The summed E-state index contributed by atoms with van der Waals surface area (Å²) < 4.78 is 43.1. The van der Waals surface area contributed by atoms with Crippen molar-refractivity contribution >= 4 is 27.7 Å². The molecule has 0 spiro atoms. The van der Waals surface area contributed by atoms with Gasteiger partial charge in [0.25, 0.3) is 0 Å². The van der Waals surface area contributed by atoms with Crippen LogP contribution in [-0.2, 0) is 6.18 Å². The number of nitrogens with one attached hydrogen (secondary N) is 1. The quantitative estimate of drug-likeness (QED) is 0.811. The number of amides is 1. The summed E-state index contributed by atoms with van der Waals surface area (Å²) in [6, 6.07) is 11.3. The number of hydrogen-bond donors (Lipinski definition) is 1. The van der Waals surface area contributed by atoms with E-state index in [1.54, 1.807) is 30.3 Å². The molecule has 0 saturated heterocycles. The fraction of sp³-hybridized carbons (Fsp3) is 0.0714. The molecule has 1 amide bonds. The van der Waals surface area contributed by atoms with Crippen LogP contribution in [0.2, 0.25) is 0 Å². The smallest absolute Gasteiger partial charge is 0.410 e. The largest absolute Gasteiger partial charge is 0.417 e. The number of rotatable bonds is 2. The van der Waals surface area contributed by atoms with Gasteiger partial charge in [-0.1, -0.05) is 34.1 Å². The van der Waals surface area contributed by atoms with E-state index in [2.05, 4.69) is 21.2 Å². The average Bonchev–Trinajstić information content (AvgIpc) is 2.37. The van der Waals surface area contributed by atoms with Gasteiger partial charge >= 0.3 is 12.3 Å². The molecule has 0 aliphatic carbocycles. The molecule has 0 fully saturated rings. The SMILES string of the molecule is O=C(Nc1cc(Br)cc(C(F)(F)F)c1)Oc1ccccc1. The minimum atomic E-state index is -4.50. The minimum absolute atomic E-state index is 0.0161. The Labute approximate surface area is 126 Å². The van der Waals surface area contributed by atoms with Gasteiger partial charge in [-0.05, 0) is 30.3 Å². The third-order valence-corrected chi connectivity index (χ3v) is 2.88. The standard InChI is InChI=1S/C14H9BrF3NO2/c15-10-6-9(14(16,17)18)7-11(8-10)19-13(20)21-12-4-2-1-3-5-12/h1-8H,(H,19,20). The van der Waals surface area contributed by atoms with Crippen LogP contribution in [0.25, 0.3) is 0 Å². The van der Waals surface area contributed by atoms with Gasteiger partial charge < -0.3 is 4.74 Å². The maximum Gasteiger partial charge on any atom is 0.417 e. The van der Waals surface area contributed by atoms with Crippen LogP contribution < -0.4 is 10.1 Å². The van der Waals surface area contributed by atoms with E-state index < -0.39 is 17.8 Å². The fourth-order valence-corrected chi connectivity index (χ4v) is 2.06. The first-order valence-electron chi connectivity index (χ1n) is 5.76. The molecule has 1 N–H and O–H groups in total. The number of carbonyl (C=O) groups is 1. The van der Waals surface area contributed by atoms with Crippen LogP contribution >= 0.6 is 15.9 Å². The summed E-state index contributed by atoms with van der Waals surface area (Å²) >= 11 is 2.97. The molecule has 0 atom stereocenters. The Balaban J connectivity index is 2.12. The van der Waals surface area contributed by atoms with Crippen LogP contribution in [-0.4, -0.2) is 6.09 Å². The molecular weight excluding hydrogens is 351 g/mol. The van der Waals surface area contributed by atoms with E-state index in [1.165, 1.54) is 6.07 Å². The number of halogens is 4.